The van der Waals surface area contributed by atoms with Crippen LogP contribution < -0.4 is 4.74 Å². The van der Waals surface area contributed by atoms with Gasteiger partial charge in [0.25, 0.3) is 0 Å². The third-order valence-electron chi connectivity index (χ3n) is 5.75. The average molecular weight is 397 g/mol. The van der Waals surface area contributed by atoms with Crippen LogP contribution in [-0.2, 0) is 11.2 Å². The summed E-state index contributed by atoms with van der Waals surface area (Å²) < 4.78 is 12.1. The first kappa shape index (κ1) is 18.8. The molecule has 0 fully saturated rings. The fourth-order valence-electron chi connectivity index (χ4n) is 4.15. The van der Waals surface area contributed by atoms with Gasteiger partial charge in [0, 0.05) is 36.5 Å². The summed E-state index contributed by atoms with van der Waals surface area (Å²) in [7, 11) is 1.63. The molecule has 30 heavy (non-hydrogen) atoms. The minimum atomic E-state index is -0.892. The number of rotatable bonds is 4. The minimum Gasteiger partial charge on any atom is -0.462 e. The summed E-state index contributed by atoms with van der Waals surface area (Å²) in [5.41, 5.74) is 4.65. The van der Waals surface area contributed by atoms with E-state index in [1.165, 1.54) is 0 Å². The molecule has 1 aliphatic rings. The standard InChI is InChI=1S/C26H23NO3/c1-29-26(16-18-7-3-2-4-8-18)17-24(28)21-15-20(12-14-25(21)30-26)23-13-11-19-9-5-6-10-22(19)27-23/h2-15,24,28H,16-17H2,1H3. The Hall–Kier alpha value is -3.21. The van der Waals surface area contributed by atoms with Crippen molar-refractivity contribution in [3.05, 3.63) is 96.1 Å². The summed E-state index contributed by atoms with van der Waals surface area (Å²) in [4.78, 5) is 4.77. The number of benzene rings is 3. The molecule has 5 rings (SSSR count). The molecule has 0 radical (unpaired) electrons. The summed E-state index contributed by atoms with van der Waals surface area (Å²) in [5, 5.41) is 12.1. The van der Waals surface area contributed by atoms with Crippen LogP contribution in [-0.4, -0.2) is 23.0 Å². The zero-order chi connectivity index (χ0) is 20.6. The second-order valence-corrected chi connectivity index (χ2v) is 7.74. The summed E-state index contributed by atoms with van der Waals surface area (Å²) >= 11 is 0. The van der Waals surface area contributed by atoms with Gasteiger partial charge in [-0.1, -0.05) is 54.6 Å². The van der Waals surface area contributed by atoms with E-state index in [1.54, 1.807) is 7.11 Å². The van der Waals surface area contributed by atoms with Crippen molar-refractivity contribution in [1.29, 1.82) is 0 Å². The summed E-state index contributed by atoms with van der Waals surface area (Å²) in [6, 6.07) is 28.0. The number of pyridine rings is 1. The van der Waals surface area contributed by atoms with Gasteiger partial charge in [-0.15, -0.1) is 0 Å². The van der Waals surface area contributed by atoms with Crippen molar-refractivity contribution in [2.45, 2.75) is 24.7 Å². The van der Waals surface area contributed by atoms with E-state index in [9.17, 15) is 5.11 Å². The molecule has 4 heteroatoms. The average Bonchev–Trinajstić information content (AvgIpc) is 2.79. The van der Waals surface area contributed by atoms with Crippen LogP contribution in [0, 0.1) is 0 Å². The molecule has 150 valence electrons. The fourth-order valence-corrected chi connectivity index (χ4v) is 4.15. The Bertz CT molecular complexity index is 1190. The SMILES string of the molecule is COC1(Cc2ccccc2)CC(O)c2cc(-c3ccc4ccccc4n3)ccc2O1. The van der Waals surface area contributed by atoms with Crippen LogP contribution in [0.25, 0.3) is 22.2 Å². The molecular formula is C26H23NO3. The second-order valence-electron chi connectivity index (χ2n) is 7.74. The van der Waals surface area contributed by atoms with Gasteiger partial charge < -0.3 is 14.6 Å². The normalized spacial score (nSPS) is 20.5. The van der Waals surface area contributed by atoms with Gasteiger partial charge in [0.05, 0.1) is 17.3 Å². The number of methoxy groups -OCH3 is 1. The molecule has 4 aromatic rings. The summed E-state index contributed by atoms with van der Waals surface area (Å²) in [6.07, 6.45) is 0.243. The number of nitrogens with zero attached hydrogens (tertiary/aromatic N) is 1. The van der Waals surface area contributed by atoms with E-state index in [4.69, 9.17) is 14.5 Å². The monoisotopic (exact) mass is 397 g/mol. The Morgan fingerprint density at radius 3 is 2.63 bits per heavy atom. The fraction of sp³-hybridized carbons (Fsp3) is 0.192. The highest BCUT2D eigenvalue weighted by molar-refractivity contribution is 5.81. The number of aromatic nitrogens is 1. The van der Waals surface area contributed by atoms with Crippen LogP contribution in [0.15, 0.2) is 84.9 Å². The molecule has 0 amide bonds. The van der Waals surface area contributed by atoms with Crippen molar-refractivity contribution in [2.24, 2.45) is 0 Å². The van der Waals surface area contributed by atoms with E-state index in [0.29, 0.717) is 18.6 Å². The number of fused-ring (bicyclic) bond motifs is 2. The largest absolute Gasteiger partial charge is 0.462 e. The lowest BCUT2D eigenvalue weighted by atomic mass is 9.91. The molecule has 4 nitrogen and oxygen atoms in total. The third kappa shape index (κ3) is 3.45. The zero-order valence-corrected chi connectivity index (χ0v) is 16.8. The lowest BCUT2D eigenvalue weighted by Crippen LogP contribution is -2.45. The molecule has 0 saturated carbocycles. The maximum atomic E-state index is 11.0. The zero-order valence-electron chi connectivity index (χ0n) is 16.8. The van der Waals surface area contributed by atoms with Crippen LogP contribution in [0.3, 0.4) is 0 Å². The molecule has 1 aliphatic heterocycles. The maximum Gasteiger partial charge on any atom is 0.217 e. The highest BCUT2D eigenvalue weighted by atomic mass is 16.7. The predicted molar refractivity (Wildman–Crippen MR) is 117 cm³/mol. The van der Waals surface area contributed by atoms with E-state index >= 15 is 0 Å². The number of ether oxygens (including phenoxy) is 2. The number of hydrogen-bond donors (Lipinski definition) is 1. The van der Waals surface area contributed by atoms with Crippen LogP contribution in [0.2, 0.25) is 0 Å². The van der Waals surface area contributed by atoms with Gasteiger partial charge in [0.2, 0.25) is 5.79 Å². The molecular weight excluding hydrogens is 374 g/mol. The van der Waals surface area contributed by atoms with Crippen LogP contribution in [0.1, 0.15) is 23.7 Å². The maximum absolute atomic E-state index is 11.0. The van der Waals surface area contributed by atoms with E-state index in [1.807, 2.05) is 78.9 Å². The van der Waals surface area contributed by atoms with Crippen LogP contribution in [0.5, 0.6) is 5.75 Å². The number of aliphatic hydroxyl groups excluding tert-OH is 1. The summed E-state index contributed by atoms with van der Waals surface area (Å²) in [5.74, 6) is -0.243. The van der Waals surface area contributed by atoms with Gasteiger partial charge in [-0.05, 0) is 35.9 Å². The molecule has 2 unspecified atom stereocenters. The van der Waals surface area contributed by atoms with Crippen LogP contribution >= 0.6 is 0 Å². The van der Waals surface area contributed by atoms with Crippen LogP contribution in [0.4, 0.5) is 0 Å². The number of hydrogen-bond acceptors (Lipinski definition) is 4. The first-order chi connectivity index (χ1) is 14.7. The van der Waals surface area contributed by atoms with E-state index < -0.39 is 11.9 Å². The highest BCUT2D eigenvalue weighted by Crippen LogP contribution is 2.43. The highest BCUT2D eigenvalue weighted by Gasteiger charge is 2.41. The van der Waals surface area contributed by atoms with Gasteiger partial charge in [0.1, 0.15) is 5.75 Å². The number of aliphatic hydroxyl groups is 1. The number of para-hydroxylation sites is 1. The Morgan fingerprint density at radius 2 is 1.80 bits per heavy atom. The van der Waals surface area contributed by atoms with Crippen molar-refractivity contribution in [3.63, 3.8) is 0 Å². The summed E-state index contributed by atoms with van der Waals surface area (Å²) in [6.45, 7) is 0. The first-order valence-electron chi connectivity index (χ1n) is 10.1. The molecule has 1 aromatic heterocycles. The van der Waals surface area contributed by atoms with Crippen molar-refractivity contribution in [3.8, 4) is 17.0 Å². The van der Waals surface area contributed by atoms with Crippen molar-refractivity contribution < 1.29 is 14.6 Å². The topological polar surface area (TPSA) is 51.6 Å². The van der Waals surface area contributed by atoms with Crippen molar-refractivity contribution >= 4 is 10.9 Å². The smallest absolute Gasteiger partial charge is 0.217 e. The molecule has 0 aliphatic carbocycles. The molecule has 0 spiro atoms. The van der Waals surface area contributed by atoms with Crippen molar-refractivity contribution in [1.82, 2.24) is 4.98 Å². The first-order valence-corrected chi connectivity index (χ1v) is 10.1. The van der Waals surface area contributed by atoms with Gasteiger partial charge in [-0.2, -0.15) is 0 Å². The lowest BCUT2D eigenvalue weighted by molar-refractivity contribution is -0.193. The minimum absolute atomic E-state index is 0.361. The van der Waals surface area contributed by atoms with E-state index in [-0.39, 0.29) is 0 Å². The van der Waals surface area contributed by atoms with Gasteiger partial charge >= 0.3 is 0 Å². The third-order valence-corrected chi connectivity index (χ3v) is 5.75. The molecule has 1 N–H and O–H groups in total. The second kappa shape index (κ2) is 7.56. The Kier molecular flexibility index (Phi) is 4.74. The van der Waals surface area contributed by atoms with E-state index in [2.05, 4.69) is 6.07 Å². The lowest BCUT2D eigenvalue weighted by Gasteiger charge is -2.39. The Balaban J connectivity index is 1.48. The van der Waals surface area contributed by atoms with Gasteiger partial charge in [0.15, 0.2) is 0 Å². The molecule has 2 heterocycles. The quantitative estimate of drug-likeness (QED) is 0.507. The molecule has 0 saturated heterocycles. The Morgan fingerprint density at radius 1 is 1.00 bits per heavy atom. The molecule has 3 aromatic carbocycles. The van der Waals surface area contributed by atoms with Gasteiger partial charge in [-0.25, -0.2) is 4.98 Å². The molecule has 2 atom stereocenters. The van der Waals surface area contributed by atoms with Gasteiger partial charge in [-0.3, -0.25) is 0 Å². The Labute approximate surface area is 175 Å². The predicted octanol–water partition coefficient (Wildman–Crippen LogP) is 5.30. The van der Waals surface area contributed by atoms with Crippen molar-refractivity contribution in [2.75, 3.05) is 7.11 Å². The van der Waals surface area contributed by atoms with E-state index in [0.717, 1.165) is 33.3 Å². The molecule has 0 bridgehead atoms.